The predicted molar refractivity (Wildman–Crippen MR) is 73.6 cm³/mol. The van der Waals surface area contributed by atoms with E-state index < -0.39 is 0 Å². The van der Waals surface area contributed by atoms with E-state index >= 15 is 0 Å². The van der Waals surface area contributed by atoms with E-state index in [9.17, 15) is 4.79 Å². The van der Waals surface area contributed by atoms with Crippen molar-refractivity contribution in [2.24, 2.45) is 0 Å². The van der Waals surface area contributed by atoms with Gasteiger partial charge in [0.2, 0.25) is 0 Å². The van der Waals surface area contributed by atoms with Crippen LogP contribution in [0.1, 0.15) is 23.1 Å². The van der Waals surface area contributed by atoms with E-state index in [0.29, 0.717) is 5.69 Å². The van der Waals surface area contributed by atoms with Crippen molar-refractivity contribution >= 4 is 16.6 Å². The van der Waals surface area contributed by atoms with E-state index in [1.807, 2.05) is 37.3 Å². The molecule has 19 heavy (non-hydrogen) atoms. The third-order valence-electron chi connectivity index (χ3n) is 3.21. The Balaban J connectivity index is 2.16. The molecule has 0 fully saturated rings. The number of nitrogens with zero attached hydrogens (tertiary/aromatic N) is 3. The van der Waals surface area contributed by atoms with E-state index in [1.54, 1.807) is 4.68 Å². The Hall–Kier alpha value is -2.49. The van der Waals surface area contributed by atoms with Gasteiger partial charge in [0.25, 0.3) is 0 Å². The van der Waals surface area contributed by atoms with Gasteiger partial charge in [-0.05, 0) is 29.8 Å². The number of aromatic nitrogens is 3. The Bertz CT molecular complexity index is 774. The summed E-state index contributed by atoms with van der Waals surface area (Å²) in [5.41, 5.74) is 2.10. The summed E-state index contributed by atoms with van der Waals surface area (Å²) in [6.45, 7) is 3.35. The second-order valence-electron chi connectivity index (χ2n) is 4.52. The highest BCUT2D eigenvalue weighted by Gasteiger charge is 2.13. The molecular weight excluding hydrogens is 238 g/mol. The first kappa shape index (κ1) is 11.6. The van der Waals surface area contributed by atoms with Gasteiger partial charge in [-0.2, -0.15) is 0 Å². The summed E-state index contributed by atoms with van der Waals surface area (Å²) in [5, 5.41) is 10.3. The fourth-order valence-corrected chi connectivity index (χ4v) is 2.21. The van der Waals surface area contributed by atoms with Gasteiger partial charge in [0.1, 0.15) is 0 Å². The molecule has 0 aliphatic carbocycles. The van der Waals surface area contributed by atoms with Crippen LogP contribution in [0.4, 0.5) is 0 Å². The highest BCUT2D eigenvalue weighted by molar-refractivity contribution is 5.93. The van der Waals surface area contributed by atoms with Crippen molar-refractivity contribution in [1.29, 1.82) is 0 Å². The smallest absolute Gasteiger partial charge is 0.181 e. The standard InChI is InChI=1S/C15H13N3O/c1-10-15(11(2)19)16-17-18(10)14-8-7-12-5-3-4-6-13(12)9-14/h3-9H,1-2H3. The molecule has 0 bridgehead atoms. The number of Topliss-reactive ketones (excluding diaryl/α,β-unsaturated/α-hetero) is 1. The molecule has 0 unspecified atom stereocenters. The van der Waals surface area contributed by atoms with Crippen molar-refractivity contribution in [3.63, 3.8) is 0 Å². The summed E-state index contributed by atoms with van der Waals surface area (Å²) >= 11 is 0. The number of ketones is 1. The van der Waals surface area contributed by atoms with Gasteiger partial charge >= 0.3 is 0 Å². The molecule has 0 aliphatic rings. The predicted octanol–water partition coefficient (Wildman–Crippen LogP) is 2.93. The van der Waals surface area contributed by atoms with Crippen LogP contribution in [-0.4, -0.2) is 20.8 Å². The molecule has 0 spiro atoms. The zero-order valence-electron chi connectivity index (χ0n) is 10.8. The fraction of sp³-hybridized carbons (Fsp3) is 0.133. The molecular formula is C15H13N3O. The normalized spacial score (nSPS) is 10.8. The Kier molecular flexibility index (Phi) is 2.63. The summed E-state index contributed by atoms with van der Waals surface area (Å²) in [7, 11) is 0. The van der Waals surface area contributed by atoms with Crippen LogP contribution in [0.25, 0.3) is 16.5 Å². The molecule has 3 aromatic rings. The minimum Gasteiger partial charge on any atom is -0.293 e. The van der Waals surface area contributed by atoms with Crippen LogP contribution in [0.15, 0.2) is 42.5 Å². The van der Waals surface area contributed by atoms with Crippen LogP contribution in [0.2, 0.25) is 0 Å². The highest BCUT2D eigenvalue weighted by Crippen LogP contribution is 2.19. The summed E-state index contributed by atoms with van der Waals surface area (Å²) in [6.07, 6.45) is 0. The minimum absolute atomic E-state index is 0.0652. The average molecular weight is 251 g/mol. The van der Waals surface area contributed by atoms with Gasteiger partial charge in [-0.3, -0.25) is 4.79 Å². The van der Waals surface area contributed by atoms with Crippen LogP contribution in [0.5, 0.6) is 0 Å². The Labute approximate surface area is 110 Å². The van der Waals surface area contributed by atoms with Crippen molar-refractivity contribution in [3.8, 4) is 5.69 Å². The lowest BCUT2D eigenvalue weighted by Gasteiger charge is -2.05. The molecule has 0 saturated carbocycles. The Morgan fingerprint density at radius 1 is 1.11 bits per heavy atom. The third kappa shape index (κ3) is 1.91. The van der Waals surface area contributed by atoms with Gasteiger partial charge in [0, 0.05) is 6.92 Å². The molecule has 0 atom stereocenters. The molecule has 2 aromatic carbocycles. The van der Waals surface area contributed by atoms with Crippen molar-refractivity contribution in [3.05, 3.63) is 53.9 Å². The Morgan fingerprint density at radius 3 is 2.53 bits per heavy atom. The Morgan fingerprint density at radius 2 is 1.84 bits per heavy atom. The molecule has 4 nitrogen and oxygen atoms in total. The molecule has 0 amide bonds. The van der Waals surface area contributed by atoms with Gasteiger partial charge in [-0.25, -0.2) is 4.68 Å². The number of carbonyl (C=O) groups is 1. The topological polar surface area (TPSA) is 47.8 Å². The quantitative estimate of drug-likeness (QED) is 0.658. The molecule has 0 N–H and O–H groups in total. The largest absolute Gasteiger partial charge is 0.293 e. The van der Waals surface area contributed by atoms with Crippen LogP contribution >= 0.6 is 0 Å². The molecule has 0 aliphatic heterocycles. The van der Waals surface area contributed by atoms with Gasteiger partial charge in [-0.1, -0.05) is 35.5 Å². The van der Waals surface area contributed by atoms with E-state index in [1.165, 1.54) is 12.3 Å². The lowest BCUT2D eigenvalue weighted by Crippen LogP contribution is -2.01. The van der Waals surface area contributed by atoms with E-state index in [0.717, 1.165) is 16.8 Å². The van der Waals surface area contributed by atoms with Gasteiger partial charge in [0.15, 0.2) is 11.5 Å². The molecule has 1 aromatic heterocycles. The summed E-state index contributed by atoms with van der Waals surface area (Å²) < 4.78 is 1.70. The van der Waals surface area contributed by atoms with Crippen LogP contribution in [0.3, 0.4) is 0 Å². The van der Waals surface area contributed by atoms with Gasteiger partial charge in [-0.15, -0.1) is 5.10 Å². The molecule has 4 heteroatoms. The highest BCUT2D eigenvalue weighted by atomic mass is 16.1. The van der Waals surface area contributed by atoms with Crippen molar-refractivity contribution in [2.75, 3.05) is 0 Å². The maximum Gasteiger partial charge on any atom is 0.181 e. The first-order valence-electron chi connectivity index (χ1n) is 6.09. The maximum atomic E-state index is 11.4. The van der Waals surface area contributed by atoms with Crippen LogP contribution in [-0.2, 0) is 0 Å². The van der Waals surface area contributed by atoms with E-state index in [4.69, 9.17) is 0 Å². The maximum absolute atomic E-state index is 11.4. The molecule has 1 heterocycles. The van der Waals surface area contributed by atoms with Crippen molar-refractivity contribution in [2.45, 2.75) is 13.8 Å². The number of rotatable bonds is 2. The summed E-state index contributed by atoms with van der Waals surface area (Å²) in [6, 6.07) is 14.2. The lowest BCUT2D eigenvalue weighted by atomic mass is 10.1. The lowest BCUT2D eigenvalue weighted by molar-refractivity contribution is 0.101. The number of benzene rings is 2. The van der Waals surface area contributed by atoms with Gasteiger partial charge in [0.05, 0.1) is 11.4 Å². The van der Waals surface area contributed by atoms with Crippen molar-refractivity contribution in [1.82, 2.24) is 15.0 Å². The molecule has 0 saturated heterocycles. The second kappa shape index (κ2) is 4.31. The number of carbonyl (C=O) groups excluding carboxylic acids is 1. The van der Waals surface area contributed by atoms with Crippen molar-refractivity contribution < 1.29 is 4.79 Å². The SMILES string of the molecule is CC(=O)c1nnn(-c2ccc3ccccc3c2)c1C. The minimum atomic E-state index is -0.0652. The van der Waals surface area contributed by atoms with E-state index in [-0.39, 0.29) is 5.78 Å². The first-order chi connectivity index (χ1) is 9.16. The third-order valence-corrected chi connectivity index (χ3v) is 3.21. The number of hydrogen-bond acceptors (Lipinski definition) is 3. The monoisotopic (exact) mass is 251 g/mol. The van der Waals surface area contributed by atoms with Gasteiger partial charge < -0.3 is 0 Å². The summed E-state index contributed by atoms with van der Waals surface area (Å²) in [4.78, 5) is 11.4. The molecule has 3 rings (SSSR count). The molecule has 94 valence electrons. The zero-order valence-corrected chi connectivity index (χ0v) is 10.8. The fourth-order valence-electron chi connectivity index (χ4n) is 2.21. The zero-order chi connectivity index (χ0) is 13.4. The number of fused-ring (bicyclic) bond motifs is 1. The second-order valence-corrected chi connectivity index (χ2v) is 4.52. The summed E-state index contributed by atoms with van der Waals surface area (Å²) in [5.74, 6) is -0.0652. The average Bonchev–Trinajstić information content (AvgIpc) is 2.80. The van der Waals surface area contributed by atoms with Crippen LogP contribution in [0, 0.1) is 6.92 Å². The van der Waals surface area contributed by atoms with E-state index in [2.05, 4.69) is 22.4 Å². The van der Waals surface area contributed by atoms with Crippen LogP contribution < -0.4 is 0 Å². The first-order valence-corrected chi connectivity index (χ1v) is 6.09. The number of hydrogen-bond donors (Lipinski definition) is 0. The molecule has 0 radical (unpaired) electrons.